The first kappa shape index (κ1) is 14.5. The number of nitrogens with one attached hydrogen (secondary N) is 2. The summed E-state index contributed by atoms with van der Waals surface area (Å²) in [6, 6.07) is 0.166. The van der Waals surface area contributed by atoms with Gasteiger partial charge in [0.2, 0.25) is 5.91 Å². The molecule has 7 heteroatoms. The third kappa shape index (κ3) is 3.36. The van der Waals surface area contributed by atoms with Crippen molar-refractivity contribution in [2.45, 2.75) is 33.4 Å². The molecule has 108 valence electrons. The molecule has 0 radical (unpaired) electrons. The number of likely N-dealkylation sites (N-methyl/N-ethyl adjacent to an activating group) is 1. The first-order chi connectivity index (χ1) is 9.49. The van der Waals surface area contributed by atoms with Crippen LogP contribution in [-0.2, 0) is 11.3 Å². The van der Waals surface area contributed by atoms with Crippen LogP contribution >= 0.6 is 11.3 Å². The van der Waals surface area contributed by atoms with Crippen molar-refractivity contribution in [3.05, 3.63) is 28.0 Å². The van der Waals surface area contributed by atoms with Crippen LogP contribution in [0.1, 0.15) is 28.5 Å². The minimum Gasteiger partial charge on any atom is -0.375 e. The molecule has 0 saturated carbocycles. The Hall–Kier alpha value is -1.89. The maximum Gasteiger partial charge on any atom is 0.241 e. The molecule has 20 heavy (non-hydrogen) atoms. The number of rotatable bonds is 5. The summed E-state index contributed by atoms with van der Waals surface area (Å²) >= 11 is 1.70. The number of carbonyl (C=O) groups is 1. The zero-order chi connectivity index (χ0) is 14.7. The van der Waals surface area contributed by atoms with Gasteiger partial charge >= 0.3 is 0 Å². The fourth-order valence-corrected chi connectivity index (χ4v) is 2.94. The SMILES string of the molecule is CNC(=O)Cn1cc(NC(C)c2sc(C)nc2C)cn1. The molecule has 1 atom stereocenters. The van der Waals surface area contributed by atoms with Crippen molar-refractivity contribution in [2.24, 2.45) is 0 Å². The van der Waals surface area contributed by atoms with Gasteiger partial charge in [0.15, 0.2) is 0 Å². The summed E-state index contributed by atoms with van der Waals surface area (Å²) in [4.78, 5) is 16.9. The minimum absolute atomic E-state index is 0.0679. The molecule has 0 fully saturated rings. The lowest BCUT2D eigenvalue weighted by Gasteiger charge is -2.12. The zero-order valence-corrected chi connectivity index (χ0v) is 12.9. The molecule has 0 aliphatic rings. The molecule has 0 aromatic carbocycles. The normalized spacial score (nSPS) is 12.2. The van der Waals surface area contributed by atoms with E-state index in [2.05, 4.69) is 27.6 Å². The van der Waals surface area contributed by atoms with E-state index in [1.165, 1.54) is 4.88 Å². The number of aromatic nitrogens is 3. The highest BCUT2D eigenvalue weighted by Gasteiger charge is 2.13. The lowest BCUT2D eigenvalue weighted by Crippen LogP contribution is -2.23. The molecule has 2 rings (SSSR count). The molecule has 1 unspecified atom stereocenters. The predicted molar refractivity (Wildman–Crippen MR) is 79.9 cm³/mol. The summed E-state index contributed by atoms with van der Waals surface area (Å²) in [5, 5.41) is 11.2. The molecule has 1 amide bonds. The van der Waals surface area contributed by atoms with Crippen LogP contribution in [-0.4, -0.2) is 27.7 Å². The molecule has 0 aliphatic carbocycles. The van der Waals surface area contributed by atoms with Crippen LogP contribution in [0.15, 0.2) is 12.4 Å². The van der Waals surface area contributed by atoms with E-state index >= 15 is 0 Å². The van der Waals surface area contributed by atoms with Gasteiger partial charge in [-0.3, -0.25) is 9.48 Å². The first-order valence-electron chi connectivity index (χ1n) is 6.43. The van der Waals surface area contributed by atoms with E-state index in [1.807, 2.05) is 20.0 Å². The summed E-state index contributed by atoms with van der Waals surface area (Å²) in [5.74, 6) is -0.0679. The van der Waals surface area contributed by atoms with E-state index in [0.29, 0.717) is 0 Å². The maximum absolute atomic E-state index is 11.3. The highest BCUT2D eigenvalue weighted by Crippen LogP contribution is 2.27. The van der Waals surface area contributed by atoms with Crippen molar-refractivity contribution in [1.29, 1.82) is 0 Å². The number of nitrogens with zero attached hydrogens (tertiary/aromatic N) is 3. The molecule has 2 N–H and O–H groups in total. The van der Waals surface area contributed by atoms with Gasteiger partial charge in [-0.1, -0.05) is 0 Å². The Bertz CT molecular complexity index is 604. The van der Waals surface area contributed by atoms with Crippen LogP contribution in [0.4, 0.5) is 5.69 Å². The molecular formula is C13H19N5OS. The quantitative estimate of drug-likeness (QED) is 0.883. The predicted octanol–water partition coefficient (Wildman–Crippen LogP) is 1.88. The second-order valence-electron chi connectivity index (χ2n) is 4.65. The Morgan fingerprint density at radius 2 is 2.25 bits per heavy atom. The highest BCUT2D eigenvalue weighted by atomic mass is 32.1. The van der Waals surface area contributed by atoms with Crippen LogP contribution in [0.2, 0.25) is 0 Å². The van der Waals surface area contributed by atoms with Crippen molar-refractivity contribution in [2.75, 3.05) is 12.4 Å². The fraction of sp³-hybridized carbons (Fsp3) is 0.462. The summed E-state index contributed by atoms with van der Waals surface area (Å²) in [6.45, 7) is 6.35. The molecule has 2 aromatic heterocycles. The van der Waals surface area contributed by atoms with Gasteiger partial charge in [-0.25, -0.2) is 4.98 Å². The second kappa shape index (κ2) is 6.04. The van der Waals surface area contributed by atoms with E-state index in [9.17, 15) is 4.79 Å². The number of amides is 1. The molecular weight excluding hydrogens is 274 g/mol. The monoisotopic (exact) mass is 293 g/mol. The molecule has 6 nitrogen and oxygen atoms in total. The number of thiazole rings is 1. The molecule has 2 aromatic rings. The van der Waals surface area contributed by atoms with Crippen LogP contribution < -0.4 is 10.6 Å². The molecule has 0 spiro atoms. The van der Waals surface area contributed by atoms with E-state index in [1.54, 1.807) is 29.3 Å². The van der Waals surface area contributed by atoms with Crippen LogP contribution in [0.3, 0.4) is 0 Å². The van der Waals surface area contributed by atoms with Gasteiger partial charge in [-0.05, 0) is 20.8 Å². The number of carbonyl (C=O) groups excluding carboxylic acids is 1. The average Bonchev–Trinajstić information content (AvgIpc) is 2.95. The highest BCUT2D eigenvalue weighted by molar-refractivity contribution is 7.11. The van der Waals surface area contributed by atoms with Gasteiger partial charge in [0, 0.05) is 18.1 Å². The third-order valence-corrected chi connectivity index (χ3v) is 4.19. The third-order valence-electron chi connectivity index (χ3n) is 2.93. The Labute approximate surface area is 122 Å². The Kier molecular flexibility index (Phi) is 4.39. The minimum atomic E-state index is -0.0679. The number of hydrogen-bond acceptors (Lipinski definition) is 5. The van der Waals surface area contributed by atoms with Crippen LogP contribution in [0, 0.1) is 13.8 Å². The van der Waals surface area contributed by atoms with Gasteiger partial charge < -0.3 is 10.6 Å². The lowest BCUT2D eigenvalue weighted by atomic mass is 10.2. The Morgan fingerprint density at radius 1 is 1.50 bits per heavy atom. The molecule has 0 saturated heterocycles. The smallest absolute Gasteiger partial charge is 0.241 e. The summed E-state index contributed by atoms with van der Waals surface area (Å²) in [5.41, 5.74) is 1.96. The second-order valence-corrected chi connectivity index (χ2v) is 5.88. The van der Waals surface area contributed by atoms with Gasteiger partial charge in [-0.15, -0.1) is 11.3 Å². The fourth-order valence-electron chi connectivity index (χ4n) is 2.02. The number of aryl methyl sites for hydroxylation is 2. The van der Waals surface area contributed by atoms with Crippen molar-refractivity contribution >= 4 is 22.9 Å². The van der Waals surface area contributed by atoms with E-state index < -0.39 is 0 Å². The molecule has 2 heterocycles. The largest absolute Gasteiger partial charge is 0.375 e. The van der Waals surface area contributed by atoms with Gasteiger partial charge in [-0.2, -0.15) is 5.10 Å². The number of anilines is 1. The Balaban J connectivity index is 2.03. The van der Waals surface area contributed by atoms with E-state index in [-0.39, 0.29) is 18.5 Å². The van der Waals surface area contributed by atoms with Crippen molar-refractivity contribution in [1.82, 2.24) is 20.1 Å². The van der Waals surface area contributed by atoms with Gasteiger partial charge in [0.25, 0.3) is 0 Å². The number of hydrogen-bond donors (Lipinski definition) is 2. The first-order valence-corrected chi connectivity index (χ1v) is 7.24. The van der Waals surface area contributed by atoms with Gasteiger partial charge in [0.05, 0.1) is 28.6 Å². The van der Waals surface area contributed by atoms with Crippen molar-refractivity contribution in [3.63, 3.8) is 0 Å². The zero-order valence-electron chi connectivity index (χ0n) is 12.1. The van der Waals surface area contributed by atoms with Gasteiger partial charge in [0.1, 0.15) is 6.54 Å². The lowest BCUT2D eigenvalue weighted by molar-refractivity contribution is -0.121. The van der Waals surface area contributed by atoms with Crippen molar-refractivity contribution in [3.8, 4) is 0 Å². The average molecular weight is 293 g/mol. The van der Waals surface area contributed by atoms with Crippen LogP contribution in [0.25, 0.3) is 0 Å². The summed E-state index contributed by atoms with van der Waals surface area (Å²) in [7, 11) is 1.61. The summed E-state index contributed by atoms with van der Waals surface area (Å²) in [6.07, 6.45) is 3.55. The van der Waals surface area contributed by atoms with Crippen molar-refractivity contribution < 1.29 is 4.79 Å². The standard InChI is InChI=1S/C13H19N5OS/c1-8-13(20-10(3)16-8)9(2)17-11-5-15-18(6-11)7-12(19)14-4/h5-6,9,17H,7H2,1-4H3,(H,14,19). The van der Waals surface area contributed by atoms with E-state index in [0.717, 1.165) is 16.4 Å². The molecule has 0 bridgehead atoms. The summed E-state index contributed by atoms with van der Waals surface area (Å²) < 4.78 is 1.61. The molecule has 0 aliphatic heterocycles. The topological polar surface area (TPSA) is 71.8 Å². The maximum atomic E-state index is 11.3. The Morgan fingerprint density at radius 3 is 2.85 bits per heavy atom. The van der Waals surface area contributed by atoms with E-state index in [4.69, 9.17) is 0 Å². The van der Waals surface area contributed by atoms with Crippen LogP contribution in [0.5, 0.6) is 0 Å².